The van der Waals surface area contributed by atoms with Gasteiger partial charge in [0.2, 0.25) is 0 Å². The van der Waals surface area contributed by atoms with Gasteiger partial charge >= 0.3 is 11.9 Å². The highest BCUT2D eigenvalue weighted by Gasteiger charge is 2.51. The van der Waals surface area contributed by atoms with E-state index in [4.69, 9.17) is 9.47 Å². The molecule has 0 N–H and O–H groups in total. The van der Waals surface area contributed by atoms with Gasteiger partial charge in [0.15, 0.2) is 0 Å². The Morgan fingerprint density at radius 3 is 2.24 bits per heavy atom. The second-order valence-corrected chi connectivity index (χ2v) is 5.26. The minimum atomic E-state index is -0.952. The summed E-state index contributed by atoms with van der Waals surface area (Å²) in [5.74, 6) is -1.27. The molecule has 0 aromatic carbocycles. The first-order chi connectivity index (χ1) is 9.96. The molecule has 1 aliphatic carbocycles. The Morgan fingerprint density at radius 2 is 1.76 bits per heavy atom. The summed E-state index contributed by atoms with van der Waals surface area (Å²) in [6.45, 7) is 9.99. The van der Waals surface area contributed by atoms with Gasteiger partial charge in [0.05, 0.1) is 19.1 Å². The third-order valence-corrected chi connectivity index (χ3v) is 3.96. The second kappa shape index (κ2) is 7.43. The van der Waals surface area contributed by atoms with Gasteiger partial charge < -0.3 is 9.47 Å². The number of rotatable bonds is 6. The van der Waals surface area contributed by atoms with Crippen LogP contribution in [0.15, 0.2) is 23.3 Å². The quantitative estimate of drug-likeness (QED) is 0.704. The summed E-state index contributed by atoms with van der Waals surface area (Å²) in [4.78, 5) is 25.0. The van der Waals surface area contributed by atoms with Gasteiger partial charge in [-0.25, -0.2) is 0 Å². The van der Waals surface area contributed by atoms with Gasteiger partial charge in [0, 0.05) is 0 Å². The van der Waals surface area contributed by atoms with Crippen molar-refractivity contribution in [2.24, 2.45) is 11.3 Å². The van der Waals surface area contributed by atoms with Crippen LogP contribution in [-0.2, 0) is 19.1 Å². The van der Waals surface area contributed by atoms with Crippen LogP contribution in [0.25, 0.3) is 0 Å². The van der Waals surface area contributed by atoms with E-state index < -0.39 is 11.3 Å². The van der Waals surface area contributed by atoms with Crippen molar-refractivity contribution in [1.82, 2.24) is 0 Å². The van der Waals surface area contributed by atoms with Crippen LogP contribution in [0, 0.1) is 11.3 Å². The lowest BCUT2D eigenvalue weighted by Crippen LogP contribution is -2.45. The Bertz CT molecular complexity index is 461. The summed E-state index contributed by atoms with van der Waals surface area (Å²) in [6, 6.07) is 0. The summed E-state index contributed by atoms with van der Waals surface area (Å²) in [6.07, 6.45) is 5.06. The average molecular weight is 294 g/mol. The molecule has 0 bridgehead atoms. The van der Waals surface area contributed by atoms with Gasteiger partial charge in [-0.2, -0.15) is 0 Å². The number of hydrogen-bond acceptors (Lipinski definition) is 4. The summed E-state index contributed by atoms with van der Waals surface area (Å²) >= 11 is 0. The molecule has 0 radical (unpaired) electrons. The largest absolute Gasteiger partial charge is 0.465 e. The molecule has 0 spiro atoms. The zero-order chi connectivity index (χ0) is 16.0. The van der Waals surface area contributed by atoms with E-state index in [1.54, 1.807) is 13.8 Å². The number of carbonyl (C=O) groups excluding carboxylic acids is 2. The van der Waals surface area contributed by atoms with Crippen LogP contribution >= 0.6 is 0 Å². The minimum Gasteiger partial charge on any atom is -0.465 e. The van der Waals surface area contributed by atoms with Crippen LogP contribution in [0.3, 0.4) is 0 Å². The van der Waals surface area contributed by atoms with E-state index in [1.807, 2.05) is 32.9 Å². The van der Waals surface area contributed by atoms with Crippen molar-refractivity contribution >= 4 is 11.9 Å². The van der Waals surface area contributed by atoms with E-state index in [2.05, 4.69) is 0 Å². The third-order valence-electron chi connectivity index (χ3n) is 3.96. The molecule has 2 atom stereocenters. The molecule has 118 valence electrons. The zero-order valence-corrected chi connectivity index (χ0v) is 13.7. The Hall–Kier alpha value is -1.58. The lowest BCUT2D eigenvalue weighted by Gasteiger charge is -2.38. The van der Waals surface area contributed by atoms with Gasteiger partial charge in [0.25, 0.3) is 0 Å². The van der Waals surface area contributed by atoms with Gasteiger partial charge in [-0.3, -0.25) is 9.59 Å². The highest BCUT2D eigenvalue weighted by Crippen LogP contribution is 2.45. The van der Waals surface area contributed by atoms with Crippen LogP contribution in [0.1, 0.15) is 47.5 Å². The van der Waals surface area contributed by atoms with Crippen LogP contribution in [0.4, 0.5) is 0 Å². The maximum Gasteiger partial charge on any atom is 0.317 e. The number of allylic oxidation sites excluding steroid dienone is 2. The maximum atomic E-state index is 12.6. The first kappa shape index (κ1) is 17.5. The number of hydrogen-bond donors (Lipinski definition) is 0. The molecule has 0 saturated heterocycles. The number of esters is 2. The lowest BCUT2D eigenvalue weighted by molar-refractivity contribution is -0.164. The molecule has 2 unspecified atom stereocenters. The summed E-state index contributed by atoms with van der Waals surface area (Å²) in [5.41, 5.74) is 0.970. The molecule has 21 heavy (non-hydrogen) atoms. The van der Waals surface area contributed by atoms with Crippen molar-refractivity contribution in [3.63, 3.8) is 0 Å². The first-order valence-electron chi connectivity index (χ1n) is 7.70. The molecule has 0 aliphatic heterocycles. The standard InChI is InChI=1S/C17H26O4/c1-6-13-10-12(5)11-17(7-2,16(19)21-9-4)14(13)15(18)20-8-3/h10-11,14H,6-9H2,1-5H3. The molecule has 0 aromatic rings. The smallest absolute Gasteiger partial charge is 0.317 e. The normalized spacial score (nSPS) is 24.9. The Morgan fingerprint density at radius 1 is 1.14 bits per heavy atom. The van der Waals surface area contributed by atoms with E-state index in [1.165, 1.54) is 0 Å². The predicted molar refractivity (Wildman–Crippen MR) is 81.6 cm³/mol. The molecule has 4 nitrogen and oxygen atoms in total. The predicted octanol–water partition coefficient (Wildman–Crippen LogP) is 3.42. The van der Waals surface area contributed by atoms with Gasteiger partial charge in [-0.05, 0) is 33.6 Å². The highest BCUT2D eigenvalue weighted by molar-refractivity contribution is 5.90. The van der Waals surface area contributed by atoms with Crippen molar-refractivity contribution in [3.8, 4) is 0 Å². The molecule has 1 aliphatic rings. The molecule has 0 fully saturated rings. The molecule has 0 amide bonds. The van der Waals surface area contributed by atoms with Gasteiger partial charge in [0.1, 0.15) is 5.41 Å². The number of ether oxygens (including phenoxy) is 2. The molecular weight excluding hydrogens is 268 g/mol. The fraction of sp³-hybridized carbons (Fsp3) is 0.647. The molecule has 1 rings (SSSR count). The Labute approximate surface area is 127 Å². The van der Waals surface area contributed by atoms with E-state index in [9.17, 15) is 9.59 Å². The fourth-order valence-corrected chi connectivity index (χ4v) is 3.02. The minimum absolute atomic E-state index is 0.300. The third kappa shape index (κ3) is 3.36. The fourth-order valence-electron chi connectivity index (χ4n) is 3.02. The van der Waals surface area contributed by atoms with Crippen LogP contribution in [-0.4, -0.2) is 25.2 Å². The SMILES string of the molecule is CCOC(=O)C1C(CC)=CC(C)=CC1(CC)C(=O)OCC. The Balaban J connectivity index is 3.37. The maximum absolute atomic E-state index is 12.6. The van der Waals surface area contributed by atoms with E-state index in [0.29, 0.717) is 26.1 Å². The topological polar surface area (TPSA) is 52.6 Å². The molecule has 0 aromatic heterocycles. The van der Waals surface area contributed by atoms with Crippen LogP contribution < -0.4 is 0 Å². The first-order valence-corrected chi connectivity index (χ1v) is 7.70. The van der Waals surface area contributed by atoms with Crippen molar-refractivity contribution in [2.75, 3.05) is 13.2 Å². The van der Waals surface area contributed by atoms with Crippen molar-refractivity contribution in [2.45, 2.75) is 47.5 Å². The molecule has 0 heterocycles. The second-order valence-electron chi connectivity index (χ2n) is 5.26. The van der Waals surface area contributed by atoms with E-state index in [-0.39, 0.29) is 11.9 Å². The van der Waals surface area contributed by atoms with Crippen molar-refractivity contribution in [1.29, 1.82) is 0 Å². The van der Waals surface area contributed by atoms with Crippen molar-refractivity contribution < 1.29 is 19.1 Å². The van der Waals surface area contributed by atoms with Crippen LogP contribution in [0.2, 0.25) is 0 Å². The van der Waals surface area contributed by atoms with Crippen LogP contribution in [0.5, 0.6) is 0 Å². The Kier molecular flexibility index (Phi) is 6.19. The van der Waals surface area contributed by atoms with Gasteiger partial charge in [-0.1, -0.05) is 37.1 Å². The van der Waals surface area contributed by atoms with Crippen molar-refractivity contribution in [3.05, 3.63) is 23.3 Å². The van der Waals surface area contributed by atoms with Gasteiger partial charge in [-0.15, -0.1) is 0 Å². The summed E-state index contributed by atoms with van der Waals surface area (Å²) < 4.78 is 10.5. The van der Waals surface area contributed by atoms with E-state index >= 15 is 0 Å². The summed E-state index contributed by atoms with van der Waals surface area (Å²) in [7, 11) is 0. The lowest BCUT2D eigenvalue weighted by atomic mass is 9.65. The number of carbonyl (C=O) groups is 2. The molecule has 4 heteroatoms. The highest BCUT2D eigenvalue weighted by atomic mass is 16.5. The summed E-state index contributed by atoms with van der Waals surface area (Å²) in [5, 5.41) is 0. The monoisotopic (exact) mass is 294 g/mol. The molecular formula is C17H26O4. The molecule has 0 saturated carbocycles. The average Bonchev–Trinajstić information content (AvgIpc) is 2.46. The van der Waals surface area contributed by atoms with E-state index in [0.717, 1.165) is 11.1 Å². The zero-order valence-electron chi connectivity index (χ0n) is 13.7.